The maximum absolute atomic E-state index is 5.87. The van der Waals surface area contributed by atoms with Gasteiger partial charge in [-0.1, -0.05) is 11.6 Å². The Morgan fingerprint density at radius 1 is 1.40 bits per heavy atom. The summed E-state index contributed by atoms with van der Waals surface area (Å²) in [7, 11) is 0. The molecule has 0 spiro atoms. The molecule has 2 heterocycles. The van der Waals surface area contributed by atoms with Crippen molar-refractivity contribution in [3.63, 3.8) is 0 Å². The van der Waals surface area contributed by atoms with Crippen LogP contribution in [0.5, 0.6) is 0 Å². The van der Waals surface area contributed by atoms with E-state index in [1.807, 2.05) is 10.8 Å². The SMILES string of the molecule is Clc1ccnc2cscc12. The Morgan fingerprint density at radius 2 is 2.30 bits per heavy atom. The van der Waals surface area contributed by atoms with E-state index in [0.29, 0.717) is 0 Å². The Hall–Kier alpha value is -0.600. The van der Waals surface area contributed by atoms with Crippen LogP contribution in [0.4, 0.5) is 0 Å². The van der Waals surface area contributed by atoms with Crippen LogP contribution in [0.15, 0.2) is 23.0 Å². The lowest BCUT2D eigenvalue weighted by Crippen LogP contribution is -1.70. The number of thiophene rings is 1. The molecule has 3 heteroatoms. The maximum atomic E-state index is 5.87. The summed E-state index contributed by atoms with van der Waals surface area (Å²) in [6.45, 7) is 0. The Kier molecular flexibility index (Phi) is 1.36. The molecule has 50 valence electrons. The van der Waals surface area contributed by atoms with Crippen LogP contribution in [-0.4, -0.2) is 4.98 Å². The van der Waals surface area contributed by atoms with Gasteiger partial charge in [-0.25, -0.2) is 0 Å². The number of hydrogen-bond donors (Lipinski definition) is 0. The predicted molar refractivity (Wildman–Crippen MR) is 44.6 cm³/mol. The third-order valence-electron chi connectivity index (χ3n) is 1.33. The second-order valence-corrected chi connectivity index (χ2v) is 3.11. The molecule has 0 saturated heterocycles. The molecule has 0 aliphatic carbocycles. The zero-order chi connectivity index (χ0) is 6.97. The van der Waals surface area contributed by atoms with Crippen LogP contribution in [0.2, 0.25) is 5.02 Å². The number of pyridine rings is 1. The van der Waals surface area contributed by atoms with E-state index in [9.17, 15) is 0 Å². The molecule has 0 unspecified atom stereocenters. The van der Waals surface area contributed by atoms with Crippen molar-refractivity contribution in [2.75, 3.05) is 0 Å². The van der Waals surface area contributed by atoms with E-state index < -0.39 is 0 Å². The fraction of sp³-hybridized carbons (Fsp3) is 0. The summed E-state index contributed by atoms with van der Waals surface area (Å²) >= 11 is 7.49. The number of nitrogens with zero attached hydrogens (tertiary/aromatic N) is 1. The van der Waals surface area contributed by atoms with Gasteiger partial charge in [0.2, 0.25) is 0 Å². The van der Waals surface area contributed by atoms with Gasteiger partial charge in [-0.05, 0) is 6.07 Å². The van der Waals surface area contributed by atoms with E-state index >= 15 is 0 Å². The highest BCUT2D eigenvalue weighted by Gasteiger charge is 1.97. The van der Waals surface area contributed by atoms with Crippen LogP contribution >= 0.6 is 22.9 Å². The van der Waals surface area contributed by atoms with E-state index in [2.05, 4.69) is 4.98 Å². The molecule has 0 N–H and O–H groups in total. The van der Waals surface area contributed by atoms with Crippen molar-refractivity contribution >= 4 is 33.8 Å². The van der Waals surface area contributed by atoms with Crippen molar-refractivity contribution in [3.05, 3.63) is 28.0 Å². The van der Waals surface area contributed by atoms with Gasteiger partial charge >= 0.3 is 0 Å². The molecule has 0 amide bonds. The minimum absolute atomic E-state index is 0.784. The van der Waals surface area contributed by atoms with Gasteiger partial charge in [0.15, 0.2) is 0 Å². The van der Waals surface area contributed by atoms with Gasteiger partial charge in [-0.15, -0.1) is 11.3 Å². The molecule has 1 nitrogen and oxygen atoms in total. The van der Waals surface area contributed by atoms with Gasteiger partial charge < -0.3 is 0 Å². The summed E-state index contributed by atoms with van der Waals surface area (Å²) < 4.78 is 0. The van der Waals surface area contributed by atoms with Gasteiger partial charge in [0.25, 0.3) is 0 Å². The molecule has 0 aliphatic rings. The summed E-state index contributed by atoms with van der Waals surface area (Å²) in [6, 6.07) is 1.80. The largest absolute Gasteiger partial charge is 0.255 e. The topological polar surface area (TPSA) is 12.9 Å². The molecule has 0 aliphatic heterocycles. The van der Waals surface area contributed by atoms with Crippen molar-refractivity contribution in [1.29, 1.82) is 0 Å². The molecule has 0 radical (unpaired) electrons. The predicted octanol–water partition coefficient (Wildman–Crippen LogP) is 2.95. The fourth-order valence-corrected chi connectivity index (χ4v) is 1.88. The second-order valence-electron chi connectivity index (χ2n) is 1.96. The van der Waals surface area contributed by atoms with Crippen molar-refractivity contribution < 1.29 is 0 Å². The number of fused-ring (bicyclic) bond motifs is 1. The molecule has 2 aromatic heterocycles. The molecular formula is C7H4ClNS. The lowest BCUT2D eigenvalue weighted by atomic mass is 10.3. The molecule has 0 atom stereocenters. The highest BCUT2D eigenvalue weighted by atomic mass is 35.5. The van der Waals surface area contributed by atoms with Crippen molar-refractivity contribution in [1.82, 2.24) is 4.98 Å². The first-order valence-electron chi connectivity index (χ1n) is 2.84. The Bertz CT molecular complexity index is 355. The first-order chi connectivity index (χ1) is 4.88. The third kappa shape index (κ3) is 0.805. The lowest BCUT2D eigenvalue weighted by molar-refractivity contribution is 1.43. The number of halogens is 1. The van der Waals surface area contributed by atoms with Crippen LogP contribution in [-0.2, 0) is 0 Å². The van der Waals surface area contributed by atoms with Crippen molar-refractivity contribution in [2.24, 2.45) is 0 Å². The van der Waals surface area contributed by atoms with Crippen LogP contribution in [0, 0.1) is 0 Å². The van der Waals surface area contributed by atoms with E-state index in [4.69, 9.17) is 11.6 Å². The molecule has 2 aromatic rings. The third-order valence-corrected chi connectivity index (χ3v) is 2.39. The Labute approximate surface area is 67.3 Å². The standard InChI is InChI=1S/C7H4ClNS/c8-6-1-2-9-7-4-10-3-5(6)7/h1-4H. The smallest absolute Gasteiger partial charge is 0.0823 e. The van der Waals surface area contributed by atoms with Crippen LogP contribution in [0.3, 0.4) is 0 Å². The Morgan fingerprint density at radius 3 is 3.10 bits per heavy atom. The average Bonchev–Trinajstić information content (AvgIpc) is 2.36. The van der Waals surface area contributed by atoms with E-state index in [-0.39, 0.29) is 0 Å². The van der Waals surface area contributed by atoms with Crippen LogP contribution in [0.1, 0.15) is 0 Å². The summed E-state index contributed by atoms with van der Waals surface area (Å²) in [4.78, 5) is 4.13. The second kappa shape index (κ2) is 2.22. The normalized spacial score (nSPS) is 10.5. The van der Waals surface area contributed by atoms with Crippen LogP contribution < -0.4 is 0 Å². The highest BCUT2D eigenvalue weighted by molar-refractivity contribution is 7.09. The van der Waals surface area contributed by atoms with Gasteiger partial charge in [0, 0.05) is 22.3 Å². The van der Waals surface area contributed by atoms with Gasteiger partial charge in [0.05, 0.1) is 10.5 Å². The summed E-state index contributed by atoms with van der Waals surface area (Å²) in [5.74, 6) is 0. The maximum Gasteiger partial charge on any atom is 0.0823 e. The fourth-order valence-electron chi connectivity index (χ4n) is 0.842. The summed E-state index contributed by atoms with van der Waals surface area (Å²) in [6.07, 6.45) is 1.72. The highest BCUT2D eigenvalue weighted by Crippen LogP contribution is 2.23. The monoisotopic (exact) mass is 169 g/mol. The van der Waals surface area contributed by atoms with Gasteiger partial charge in [-0.3, -0.25) is 4.98 Å². The first kappa shape index (κ1) is 6.13. The lowest BCUT2D eigenvalue weighted by Gasteiger charge is -1.88. The molecular weight excluding hydrogens is 166 g/mol. The van der Waals surface area contributed by atoms with Crippen molar-refractivity contribution in [3.8, 4) is 0 Å². The molecule has 0 bridgehead atoms. The average molecular weight is 170 g/mol. The van der Waals surface area contributed by atoms with Gasteiger partial charge in [-0.2, -0.15) is 0 Å². The van der Waals surface area contributed by atoms with Gasteiger partial charge in [0.1, 0.15) is 0 Å². The number of rotatable bonds is 0. The molecule has 0 aromatic carbocycles. The molecule has 0 saturated carbocycles. The first-order valence-corrected chi connectivity index (χ1v) is 4.16. The Balaban J connectivity index is 2.95. The minimum Gasteiger partial charge on any atom is -0.255 e. The molecule has 0 fully saturated rings. The van der Waals surface area contributed by atoms with Crippen molar-refractivity contribution in [2.45, 2.75) is 0 Å². The summed E-state index contributed by atoms with van der Waals surface area (Å²) in [5, 5.41) is 5.83. The number of aromatic nitrogens is 1. The van der Waals surface area contributed by atoms with E-state index in [1.165, 1.54) is 0 Å². The minimum atomic E-state index is 0.784. The molecule has 10 heavy (non-hydrogen) atoms. The quantitative estimate of drug-likeness (QED) is 0.591. The van der Waals surface area contributed by atoms with E-state index in [0.717, 1.165) is 15.9 Å². The molecule has 2 rings (SSSR count). The summed E-state index contributed by atoms with van der Waals surface area (Å²) in [5.41, 5.74) is 0.984. The number of hydrogen-bond acceptors (Lipinski definition) is 2. The zero-order valence-corrected chi connectivity index (χ0v) is 6.62. The van der Waals surface area contributed by atoms with Crippen LogP contribution in [0.25, 0.3) is 10.9 Å². The zero-order valence-electron chi connectivity index (χ0n) is 5.04. The van der Waals surface area contributed by atoms with E-state index in [1.54, 1.807) is 23.6 Å².